The van der Waals surface area contributed by atoms with Gasteiger partial charge in [-0.2, -0.15) is 0 Å². The number of benzene rings is 3. The maximum Gasteiger partial charge on any atom is 0.329 e. The van der Waals surface area contributed by atoms with Crippen LogP contribution in [0.1, 0.15) is 12.5 Å². The van der Waals surface area contributed by atoms with Gasteiger partial charge in [0.25, 0.3) is 11.8 Å². The van der Waals surface area contributed by atoms with E-state index in [2.05, 4.69) is 16.0 Å². The van der Waals surface area contributed by atoms with Crippen LogP contribution in [0.5, 0.6) is 11.5 Å². The van der Waals surface area contributed by atoms with Gasteiger partial charge in [0.2, 0.25) is 5.91 Å². The number of ether oxygens (including phenoxy) is 2. The largest absolute Gasteiger partial charge is 0.490 e. The quantitative estimate of drug-likeness (QED) is 0.169. The molecule has 3 aromatic rings. The molecule has 1 heterocycles. The van der Waals surface area contributed by atoms with Crippen LogP contribution in [-0.4, -0.2) is 48.4 Å². The van der Waals surface area contributed by atoms with Crippen molar-refractivity contribution in [3.63, 3.8) is 0 Å². The highest BCUT2D eigenvalue weighted by Gasteiger charge is 2.35. The third-order valence-electron chi connectivity index (χ3n) is 5.46. The molecule has 10 nitrogen and oxygen atoms in total. The Balaban J connectivity index is 1.45. The molecule has 0 bridgehead atoms. The normalized spacial score (nSPS) is 13.7. The van der Waals surface area contributed by atoms with Gasteiger partial charge >= 0.3 is 6.03 Å². The predicted molar refractivity (Wildman–Crippen MR) is 154 cm³/mol. The number of carbonyl (C=O) groups is 4. The zero-order chi connectivity index (χ0) is 28.6. The molecule has 0 aliphatic carbocycles. The highest BCUT2D eigenvalue weighted by atomic mass is 127. The molecular formula is C28H24FIN4O6. The van der Waals surface area contributed by atoms with Crippen molar-refractivity contribution in [3.05, 3.63) is 87.4 Å². The van der Waals surface area contributed by atoms with Crippen molar-refractivity contribution in [1.82, 2.24) is 10.2 Å². The maximum absolute atomic E-state index is 13.8. The van der Waals surface area contributed by atoms with Gasteiger partial charge in [-0.1, -0.05) is 30.3 Å². The van der Waals surface area contributed by atoms with Crippen molar-refractivity contribution in [2.45, 2.75) is 6.92 Å². The second-order valence-corrected chi connectivity index (χ2v) is 9.54. The lowest BCUT2D eigenvalue weighted by molar-refractivity contribution is -0.127. The van der Waals surface area contributed by atoms with Crippen LogP contribution in [0.2, 0.25) is 0 Å². The molecule has 0 unspecified atom stereocenters. The highest BCUT2D eigenvalue weighted by Crippen LogP contribution is 2.35. The number of para-hydroxylation sites is 2. The summed E-state index contributed by atoms with van der Waals surface area (Å²) in [6, 6.07) is 17.0. The summed E-state index contributed by atoms with van der Waals surface area (Å²) in [7, 11) is 0. The molecule has 4 rings (SSSR count). The summed E-state index contributed by atoms with van der Waals surface area (Å²) >= 11 is 2.02. The number of anilines is 2. The summed E-state index contributed by atoms with van der Waals surface area (Å²) < 4.78 is 25.9. The Morgan fingerprint density at radius 1 is 1.00 bits per heavy atom. The van der Waals surface area contributed by atoms with Crippen LogP contribution >= 0.6 is 22.6 Å². The molecule has 0 aromatic heterocycles. The molecule has 3 N–H and O–H groups in total. The van der Waals surface area contributed by atoms with E-state index in [1.165, 1.54) is 24.3 Å². The van der Waals surface area contributed by atoms with Gasteiger partial charge in [-0.3, -0.25) is 14.4 Å². The fourth-order valence-corrected chi connectivity index (χ4v) is 4.49. The van der Waals surface area contributed by atoms with Crippen molar-refractivity contribution >= 4 is 63.8 Å². The minimum Gasteiger partial charge on any atom is -0.490 e. The van der Waals surface area contributed by atoms with Crippen molar-refractivity contribution < 1.29 is 33.0 Å². The summed E-state index contributed by atoms with van der Waals surface area (Å²) in [5.41, 5.74) is 1.03. The van der Waals surface area contributed by atoms with Gasteiger partial charge in [-0.25, -0.2) is 14.1 Å². The van der Waals surface area contributed by atoms with E-state index in [1.54, 1.807) is 49.4 Å². The number of halogens is 2. The fourth-order valence-electron chi connectivity index (χ4n) is 3.71. The molecule has 5 amide bonds. The van der Waals surface area contributed by atoms with Crippen molar-refractivity contribution in [2.24, 2.45) is 0 Å². The Bertz CT molecular complexity index is 1480. The summed E-state index contributed by atoms with van der Waals surface area (Å²) in [5.74, 6) is -1.76. The number of amides is 5. The predicted octanol–water partition coefficient (Wildman–Crippen LogP) is 4.38. The Kier molecular flexibility index (Phi) is 9.32. The molecule has 206 valence electrons. The molecule has 0 spiro atoms. The van der Waals surface area contributed by atoms with Gasteiger partial charge in [0.15, 0.2) is 18.1 Å². The molecule has 1 aliphatic heterocycles. The van der Waals surface area contributed by atoms with Crippen LogP contribution in [0.25, 0.3) is 6.08 Å². The molecule has 3 aromatic carbocycles. The van der Waals surface area contributed by atoms with E-state index in [4.69, 9.17) is 9.47 Å². The number of nitrogens with zero attached hydrogens (tertiary/aromatic N) is 1. The molecule has 1 saturated heterocycles. The molecule has 12 heteroatoms. The lowest BCUT2D eigenvalue weighted by Crippen LogP contribution is -2.38. The van der Waals surface area contributed by atoms with E-state index < -0.39 is 30.2 Å². The fraction of sp³-hybridized carbons (Fsp3) is 0.143. The van der Waals surface area contributed by atoms with E-state index in [0.29, 0.717) is 32.9 Å². The minimum atomic E-state index is -0.788. The third-order valence-corrected chi connectivity index (χ3v) is 6.26. The molecule has 0 radical (unpaired) electrons. The van der Waals surface area contributed by atoms with Gasteiger partial charge in [0, 0.05) is 5.69 Å². The average molecular weight is 658 g/mol. The number of rotatable bonds is 10. The number of imide groups is 1. The van der Waals surface area contributed by atoms with Crippen LogP contribution in [0.15, 0.2) is 72.4 Å². The van der Waals surface area contributed by atoms with Gasteiger partial charge < -0.3 is 25.4 Å². The van der Waals surface area contributed by atoms with Crippen molar-refractivity contribution in [1.29, 1.82) is 0 Å². The monoisotopic (exact) mass is 658 g/mol. The second kappa shape index (κ2) is 13.1. The number of hydrogen-bond acceptors (Lipinski definition) is 6. The SMILES string of the molecule is CCOc1cc(/C=C2/NC(=O)N(CC(=O)Nc3ccccc3F)C2=O)cc(I)c1OCC(=O)Nc1ccccc1. The van der Waals surface area contributed by atoms with E-state index in [-0.39, 0.29) is 23.9 Å². The standard InChI is InChI=1S/C28H24FIN4O6/c1-2-39-23-14-17(12-20(30)26(23)40-16-25(36)31-18-8-4-3-5-9-18)13-22-27(37)34(28(38)33-22)15-24(35)32-21-11-7-6-10-19(21)29/h3-14H,2,15-16H2,1H3,(H,31,36)(H,32,35)(H,33,38)/b22-13+. The number of hydrogen-bond donors (Lipinski definition) is 3. The third kappa shape index (κ3) is 7.14. The second-order valence-electron chi connectivity index (χ2n) is 8.37. The van der Waals surface area contributed by atoms with Crippen LogP contribution < -0.4 is 25.4 Å². The van der Waals surface area contributed by atoms with Crippen LogP contribution in [0.3, 0.4) is 0 Å². The van der Waals surface area contributed by atoms with Gasteiger partial charge in [-0.05, 0) is 77.6 Å². The molecule has 0 atom stereocenters. The van der Waals surface area contributed by atoms with Crippen LogP contribution in [-0.2, 0) is 14.4 Å². The Morgan fingerprint density at radius 2 is 1.73 bits per heavy atom. The molecule has 40 heavy (non-hydrogen) atoms. The first-order valence-corrected chi connectivity index (χ1v) is 13.2. The maximum atomic E-state index is 13.8. The molecule has 0 saturated carbocycles. The zero-order valence-electron chi connectivity index (χ0n) is 21.2. The summed E-state index contributed by atoms with van der Waals surface area (Å²) in [6.45, 7) is 1.23. The van der Waals surface area contributed by atoms with Crippen molar-refractivity contribution in [3.8, 4) is 11.5 Å². The average Bonchev–Trinajstić information content (AvgIpc) is 3.17. The van der Waals surface area contributed by atoms with Crippen molar-refractivity contribution in [2.75, 3.05) is 30.4 Å². The summed E-state index contributed by atoms with van der Waals surface area (Å²) in [5, 5.41) is 7.53. The first-order chi connectivity index (χ1) is 19.2. The van der Waals surface area contributed by atoms with Crippen LogP contribution in [0, 0.1) is 9.39 Å². The zero-order valence-corrected chi connectivity index (χ0v) is 23.4. The number of nitrogens with one attached hydrogen (secondary N) is 3. The topological polar surface area (TPSA) is 126 Å². The molecular weight excluding hydrogens is 634 g/mol. The minimum absolute atomic E-state index is 0.0575. The number of urea groups is 1. The molecule has 1 fully saturated rings. The van der Waals surface area contributed by atoms with Gasteiger partial charge in [-0.15, -0.1) is 0 Å². The highest BCUT2D eigenvalue weighted by molar-refractivity contribution is 14.1. The summed E-state index contributed by atoms with van der Waals surface area (Å²) in [6.07, 6.45) is 1.44. The Morgan fingerprint density at radius 3 is 2.45 bits per heavy atom. The smallest absolute Gasteiger partial charge is 0.329 e. The Labute approximate surface area is 242 Å². The lowest BCUT2D eigenvalue weighted by Gasteiger charge is -2.15. The summed E-state index contributed by atoms with van der Waals surface area (Å²) in [4.78, 5) is 50.7. The van der Waals surface area contributed by atoms with E-state index >= 15 is 0 Å². The van der Waals surface area contributed by atoms with Gasteiger partial charge in [0.05, 0.1) is 15.9 Å². The van der Waals surface area contributed by atoms with E-state index in [9.17, 15) is 23.6 Å². The number of carbonyl (C=O) groups excluding carboxylic acids is 4. The van der Waals surface area contributed by atoms with E-state index in [0.717, 1.165) is 4.90 Å². The first kappa shape index (κ1) is 28.5. The Hall–Kier alpha value is -4.46. The van der Waals surface area contributed by atoms with Gasteiger partial charge in [0.1, 0.15) is 18.1 Å². The first-order valence-electron chi connectivity index (χ1n) is 12.1. The lowest BCUT2D eigenvalue weighted by atomic mass is 10.1. The molecule has 1 aliphatic rings. The van der Waals surface area contributed by atoms with Crippen LogP contribution in [0.4, 0.5) is 20.6 Å². The van der Waals surface area contributed by atoms with E-state index in [1.807, 2.05) is 28.7 Å².